The van der Waals surface area contributed by atoms with Crippen LogP contribution in [0.15, 0.2) is 54.8 Å². The summed E-state index contributed by atoms with van der Waals surface area (Å²) in [7, 11) is 2.80. The highest BCUT2D eigenvalue weighted by Crippen LogP contribution is 2.34. The molecule has 0 N–H and O–H groups in total. The van der Waals surface area contributed by atoms with Crippen LogP contribution in [-0.2, 0) is 14.3 Å². The van der Waals surface area contributed by atoms with Gasteiger partial charge in [-0.3, -0.25) is 0 Å². The second-order valence-electron chi connectivity index (χ2n) is 4.73. The fourth-order valence-corrected chi connectivity index (χ4v) is 2.64. The van der Waals surface area contributed by atoms with Crippen molar-refractivity contribution in [2.24, 2.45) is 0 Å². The van der Waals surface area contributed by atoms with Crippen LogP contribution in [0.25, 0.3) is 5.57 Å². The van der Waals surface area contributed by atoms with Gasteiger partial charge in [-0.2, -0.15) is 0 Å². The number of carbonyl (C=O) groups is 1. The molecule has 0 atom stereocenters. The van der Waals surface area contributed by atoms with Gasteiger partial charge in [-0.15, -0.1) is 0 Å². The predicted octanol–water partition coefficient (Wildman–Crippen LogP) is 5.43. The van der Waals surface area contributed by atoms with Gasteiger partial charge in [0, 0.05) is 5.56 Å². The summed E-state index contributed by atoms with van der Waals surface area (Å²) in [5.41, 5.74) is 1.89. The minimum Gasteiger partial charge on any atom is -0.503 e. The van der Waals surface area contributed by atoms with Gasteiger partial charge >= 0.3 is 5.97 Å². The van der Waals surface area contributed by atoms with E-state index < -0.39 is 5.97 Å². The van der Waals surface area contributed by atoms with Crippen LogP contribution in [0, 0.1) is 0 Å². The Hall–Kier alpha value is -1.79. The van der Waals surface area contributed by atoms with Crippen LogP contribution >= 0.6 is 31.9 Å². The Labute approximate surface area is 157 Å². The third-order valence-electron chi connectivity index (χ3n) is 3.16. The molecule has 0 unspecified atom stereocenters. The molecule has 0 saturated carbocycles. The summed E-state index contributed by atoms with van der Waals surface area (Å²) < 4.78 is 15.8. The van der Waals surface area contributed by atoms with Crippen molar-refractivity contribution in [1.82, 2.24) is 0 Å². The molecule has 0 spiro atoms. The van der Waals surface area contributed by atoms with E-state index in [-0.39, 0.29) is 9.31 Å². The minimum absolute atomic E-state index is 0.0304. The number of para-hydroxylation sites is 1. The van der Waals surface area contributed by atoms with Crippen molar-refractivity contribution in [3.63, 3.8) is 0 Å². The summed E-state index contributed by atoms with van der Waals surface area (Å²) >= 11 is 6.93. The number of halogens is 2. The third kappa shape index (κ3) is 4.61. The smallest absolute Gasteiger partial charge is 0.341 e. The predicted molar refractivity (Wildman–Crippen MR) is 101 cm³/mol. The molecule has 2 aromatic carbocycles. The SMILES string of the molecule is CO/C=C(/C(=O)OC)c1ccccc1Oc1cccc(C(Br)Br)c1. The maximum atomic E-state index is 12.0. The number of carbonyl (C=O) groups excluding carboxylic acids is 1. The standard InChI is InChI=1S/C18H16Br2O4/c1-22-11-15(18(21)23-2)14-8-3-4-9-16(14)24-13-7-5-6-12(10-13)17(19)20/h3-11,17H,1-2H3/b15-11+. The number of ether oxygens (including phenoxy) is 3. The largest absolute Gasteiger partial charge is 0.503 e. The zero-order valence-corrected chi connectivity index (χ0v) is 16.3. The van der Waals surface area contributed by atoms with Crippen molar-refractivity contribution in [3.8, 4) is 11.5 Å². The molecule has 6 heteroatoms. The molecule has 0 aliphatic rings. The van der Waals surface area contributed by atoms with Gasteiger partial charge in [-0.05, 0) is 23.8 Å². The summed E-state index contributed by atoms with van der Waals surface area (Å²) in [4.78, 5) is 12.0. The van der Waals surface area contributed by atoms with Gasteiger partial charge in [0.2, 0.25) is 0 Å². The first kappa shape index (κ1) is 18.5. The minimum atomic E-state index is -0.498. The van der Waals surface area contributed by atoms with Crippen molar-refractivity contribution in [2.45, 2.75) is 3.74 Å². The van der Waals surface area contributed by atoms with Crippen LogP contribution in [0.4, 0.5) is 0 Å². The molecule has 2 rings (SSSR count). The number of hydrogen-bond donors (Lipinski definition) is 0. The molecule has 0 radical (unpaired) electrons. The monoisotopic (exact) mass is 454 g/mol. The topological polar surface area (TPSA) is 44.8 Å². The lowest BCUT2D eigenvalue weighted by molar-refractivity contribution is -0.133. The summed E-state index contributed by atoms with van der Waals surface area (Å²) in [6.45, 7) is 0. The number of hydrogen-bond acceptors (Lipinski definition) is 4. The quantitative estimate of drug-likeness (QED) is 0.252. The van der Waals surface area contributed by atoms with Gasteiger partial charge in [0.05, 0.1) is 24.2 Å². The molecule has 2 aromatic rings. The molecule has 126 valence electrons. The second kappa shape index (κ2) is 8.89. The lowest BCUT2D eigenvalue weighted by Crippen LogP contribution is -2.05. The number of benzene rings is 2. The summed E-state index contributed by atoms with van der Waals surface area (Å²) in [5.74, 6) is 0.692. The number of methoxy groups -OCH3 is 2. The van der Waals surface area contributed by atoms with Crippen molar-refractivity contribution < 1.29 is 19.0 Å². The van der Waals surface area contributed by atoms with Crippen LogP contribution in [0.1, 0.15) is 14.9 Å². The van der Waals surface area contributed by atoms with E-state index in [0.29, 0.717) is 17.1 Å². The van der Waals surface area contributed by atoms with E-state index >= 15 is 0 Å². The van der Waals surface area contributed by atoms with Crippen molar-refractivity contribution >= 4 is 43.4 Å². The Morgan fingerprint density at radius 1 is 1.08 bits per heavy atom. The van der Waals surface area contributed by atoms with Crippen LogP contribution in [0.2, 0.25) is 0 Å². The highest BCUT2D eigenvalue weighted by molar-refractivity contribution is 9.24. The first-order valence-corrected chi connectivity index (χ1v) is 8.86. The molecule has 0 fully saturated rings. The Kier molecular flexibility index (Phi) is 6.87. The van der Waals surface area contributed by atoms with Gasteiger partial charge in [0.1, 0.15) is 17.1 Å². The molecule has 0 aromatic heterocycles. The van der Waals surface area contributed by atoms with Crippen LogP contribution in [0.5, 0.6) is 11.5 Å². The molecule has 0 heterocycles. The first-order chi connectivity index (χ1) is 11.6. The zero-order chi connectivity index (χ0) is 17.5. The van der Waals surface area contributed by atoms with E-state index in [1.165, 1.54) is 20.5 Å². The van der Waals surface area contributed by atoms with Crippen molar-refractivity contribution in [2.75, 3.05) is 14.2 Å². The first-order valence-electron chi connectivity index (χ1n) is 7.03. The zero-order valence-electron chi connectivity index (χ0n) is 13.2. The number of rotatable bonds is 6. The molecule has 0 saturated heterocycles. The molecule has 0 aliphatic heterocycles. The Balaban J connectivity index is 2.40. The number of alkyl halides is 2. The molecular weight excluding hydrogens is 440 g/mol. The number of esters is 1. The van der Waals surface area contributed by atoms with Crippen LogP contribution in [0.3, 0.4) is 0 Å². The fourth-order valence-electron chi connectivity index (χ4n) is 2.07. The third-order valence-corrected chi connectivity index (χ3v) is 4.21. The Morgan fingerprint density at radius 3 is 2.50 bits per heavy atom. The van der Waals surface area contributed by atoms with Crippen LogP contribution < -0.4 is 4.74 Å². The normalized spacial score (nSPS) is 11.3. The molecule has 0 amide bonds. The second-order valence-corrected chi connectivity index (χ2v) is 7.79. The maximum absolute atomic E-state index is 12.0. The van der Waals surface area contributed by atoms with Gasteiger partial charge in [0.25, 0.3) is 0 Å². The lowest BCUT2D eigenvalue weighted by atomic mass is 10.1. The van der Waals surface area contributed by atoms with E-state index in [9.17, 15) is 4.79 Å². The molecule has 0 bridgehead atoms. The highest BCUT2D eigenvalue weighted by Gasteiger charge is 2.18. The fraction of sp³-hybridized carbons (Fsp3) is 0.167. The van der Waals surface area contributed by atoms with Crippen molar-refractivity contribution in [1.29, 1.82) is 0 Å². The average Bonchev–Trinajstić information content (AvgIpc) is 2.60. The van der Waals surface area contributed by atoms with E-state index in [1.807, 2.05) is 36.4 Å². The molecular formula is C18H16Br2O4. The lowest BCUT2D eigenvalue weighted by Gasteiger charge is -2.13. The molecule has 24 heavy (non-hydrogen) atoms. The van der Waals surface area contributed by atoms with E-state index in [2.05, 4.69) is 31.9 Å². The van der Waals surface area contributed by atoms with Gasteiger partial charge in [-0.1, -0.05) is 62.2 Å². The van der Waals surface area contributed by atoms with Gasteiger partial charge in [0.15, 0.2) is 0 Å². The highest BCUT2D eigenvalue weighted by atomic mass is 79.9. The Morgan fingerprint density at radius 2 is 1.83 bits per heavy atom. The Bertz CT molecular complexity index is 741. The molecule has 0 aliphatic carbocycles. The maximum Gasteiger partial charge on any atom is 0.341 e. The summed E-state index contributed by atoms with van der Waals surface area (Å²) in [6.07, 6.45) is 1.34. The van der Waals surface area contributed by atoms with E-state index in [4.69, 9.17) is 14.2 Å². The van der Waals surface area contributed by atoms with E-state index in [0.717, 1.165) is 5.56 Å². The summed E-state index contributed by atoms with van der Waals surface area (Å²) in [6, 6.07) is 14.8. The average molecular weight is 456 g/mol. The van der Waals surface area contributed by atoms with Gasteiger partial charge < -0.3 is 14.2 Å². The summed E-state index contributed by atoms with van der Waals surface area (Å²) in [5, 5.41) is 0. The van der Waals surface area contributed by atoms with Gasteiger partial charge in [-0.25, -0.2) is 4.79 Å². The van der Waals surface area contributed by atoms with Crippen LogP contribution in [-0.4, -0.2) is 20.2 Å². The molecule has 4 nitrogen and oxygen atoms in total. The van der Waals surface area contributed by atoms with E-state index in [1.54, 1.807) is 12.1 Å². The van der Waals surface area contributed by atoms with Crippen molar-refractivity contribution in [3.05, 3.63) is 65.9 Å².